The fraction of sp³-hybridized carbons (Fsp3) is 0.167. The SMILES string of the molecule is CCNC(=O)c1cc(-c2ccnc(N)n2)[nH]c1-c1cc(Cl)ccc1C. The summed E-state index contributed by atoms with van der Waals surface area (Å²) in [5.41, 5.74) is 10.1. The number of nitrogens with two attached hydrogens (primary N) is 1. The van der Waals surface area contributed by atoms with E-state index in [0.717, 1.165) is 11.1 Å². The number of hydrogen-bond acceptors (Lipinski definition) is 4. The molecule has 7 heteroatoms. The number of halogens is 1. The molecule has 0 spiro atoms. The van der Waals surface area contributed by atoms with Gasteiger partial charge < -0.3 is 16.0 Å². The smallest absolute Gasteiger partial charge is 0.253 e. The first kappa shape index (κ1) is 17.0. The zero-order valence-corrected chi connectivity index (χ0v) is 14.7. The summed E-state index contributed by atoms with van der Waals surface area (Å²) in [6.45, 7) is 4.38. The van der Waals surface area contributed by atoms with Crippen molar-refractivity contribution in [3.8, 4) is 22.6 Å². The van der Waals surface area contributed by atoms with Gasteiger partial charge in [0.2, 0.25) is 5.95 Å². The Kier molecular flexibility index (Phi) is 4.72. The van der Waals surface area contributed by atoms with Crippen LogP contribution in [0.2, 0.25) is 5.02 Å². The van der Waals surface area contributed by atoms with E-state index >= 15 is 0 Å². The van der Waals surface area contributed by atoms with Crippen LogP contribution in [0, 0.1) is 6.92 Å². The molecule has 0 bridgehead atoms. The van der Waals surface area contributed by atoms with E-state index < -0.39 is 0 Å². The van der Waals surface area contributed by atoms with Crippen molar-refractivity contribution in [2.75, 3.05) is 12.3 Å². The van der Waals surface area contributed by atoms with Crippen LogP contribution in [0.3, 0.4) is 0 Å². The molecule has 1 aromatic carbocycles. The number of benzene rings is 1. The minimum atomic E-state index is -0.165. The molecule has 0 aliphatic carbocycles. The van der Waals surface area contributed by atoms with Gasteiger partial charge in [-0.1, -0.05) is 17.7 Å². The van der Waals surface area contributed by atoms with Crippen LogP contribution in [0.4, 0.5) is 5.95 Å². The van der Waals surface area contributed by atoms with Crippen LogP contribution in [0.15, 0.2) is 36.5 Å². The lowest BCUT2D eigenvalue weighted by atomic mass is 10.0. The Morgan fingerprint density at radius 3 is 2.84 bits per heavy atom. The molecule has 3 rings (SSSR count). The quantitative estimate of drug-likeness (QED) is 0.667. The maximum absolute atomic E-state index is 12.5. The van der Waals surface area contributed by atoms with Crippen LogP contribution in [-0.4, -0.2) is 27.4 Å². The van der Waals surface area contributed by atoms with Crippen molar-refractivity contribution >= 4 is 23.5 Å². The molecule has 0 aliphatic rings. The number of nitrogens with one attached hydrogen (secondary N) is 2. The fourth-order valence-electron chi connectivity index (χ4n) is 2.63. The number of aromatic nitrogens is 3. The Hall–Kier alpha value is -2.86. The van der Waals surface area contributed by atoms with Gasteiger partial charge in [0.05, 0.1) is 22.6 Å². The van der Waals surface area contributed by atoms with Gasteiger partial charge in [-0.3, -0.25) is 4.79 Å². The van der Waals surface area contributed by atoms with Gasteiger partial charge in [0.15, 0.2) is 0 Å². The molecule has 0 unspecified atom stereocenters. The highest BCUT2D eigenvalue weighted by atomic mass is 35.5. The first-order valence-corrected chi connectivity index (χ1v) is 8.24. The number of aryl methyl sites for hydroxylation is 1. The second-order valence-corrected chi connectivity index (χ2v) is 6.03. The van der Waals surface area contributed by atoms with E-state index in [1.54, 1.807) is 18.3 Å². The van der Waals surface area contributed by atoms with Crippen molar-refractivity contribution in [3.05, 3.63) is 52.7 Å². The van der Waals surface area contributed by atoms with Crippen LogP contribution in [-0.2, 0) is 0 Å². The molecule has 0 aliphatic heterocycles. The third kappa shape index (κ3) is 3.49. The Bertz CT molecular complexity index is 935. The van der Waals surface area contributed by atoms with E-state index in [2.05, 4.69) is 20.3 Å². The van der Waals surface area contributed by atoms with Gasteiger partial charge in [-0.15, -0.1) is 0 Å². The van der Waals surface area contributed by atoms with Crippen molar-refractivity contribution in [3.63, 3.8) is 0 Å². The lowest BCUT2D eigenvalue weighted by molar-refractivity contribution is 0.0956. The number of carbonyl (C=O) groups is 1. The number of nitrogens with zero attached hydrogens (tertiary/aromatic N) is 2. The Labute approximate surface area is 150 Å². The molecule has 1 amide bonds. The van der Waals surface area contributed by atoms with Crippen LogP contribution >= 0.6 is 11.6 Å². The Morgan fingerprint density at radius 1 is 1.32 bits per heavy atom. The predicted molar refractivity (Wildman–Crippen MR) is 99.4 cm³/mol. The fourth-order valence-corrected chi connectivity index (χ4v) is 2.80. The molecule has 0 saturated heterocycles. The summed E-state index contributed by atoms with van der Waals surface area (Å²) in [5.74, 6) is 0.00792. The molecule has 3 aromatic rings. The number of anilines is 1. The van der Waals surface area contributed by atoms with Crippen molar-refractivity contribution < 1.29 is 4.79 Å². The summed E-state index contributed by atoms with van der Waals surface area (Å²) >= 11 is 6.15. The van der Waals surface area contributed by atoms with Crippen molar-refractivity contribution in [2.24, 2.45) is 0 Å². The summed E-state index contributed by atoms with van der Waals surface area (Å²) in [6, 6.07) is 9.08. The molecule has 2 heterocycles. The second-order valence-electron chi connectivity index (χ2n) is 5.59. The molecule has 25 heavy (non-hydrogen) atoms. The Morgan fingerprint density at radius 2 is 2.12 bits per heavy atom. The van der Waals surface area contributed by atoms with Gasteiger partial charge in [-0.05, 0) is 43.7 Å². The normalized spacial score (nSPS) is 10.7. The van der Waals surface area contributed by atoms with E-state index in [1.165, 1.54) is 0 Å². The van der Waals surface area contributed by atoms with Gasteiger partial charge in [-0.25, -0.2) is 9.97 Å². The van der Waals surface area contributed by atoms with Gasteiger partial charge in [0.25, 0.3) is 5.91 Å². The molecule has 0 fully saturated rings. The largest absolute Gasteiger partial charge is 0.368 e. The third-order valence-electron chi connectivity index (χ3n) is 3.82. The maximum Gasteiger partial charge on any atom is 0.253 e. The van der Waals surface area contributed by atoms with E-state index in [9.17, 15) is 4.79 Å². The van der Waals surface area contributed by atoms with E-state index in [0.29, 0.717) is 34.2 Å². The highest BCUT2D eigenvalue weighted by Crippen LogP contribution is 2.32. The minimum absolute atomic E-state index is 0.165. The predicted octanol–water partition coefficient (Wildman–Crippen LogP) is 3.43. The summed E-state index contributed by atoms with van der Waals surface area (Å²) in [6.07, 6.45) is 1.58. The number of aromatic amines is 1. The first-order chi connectivity index (χ1) is 12.0. The zero-order chi connectivity index (χ0) is 18.0. The molecule has 0 radical (unpaired) electrons. The van der Waals surface area contributed by atoms with Gasteiger partial charge in [0.1, 0.15) is 0 Å². The van der Waals surface area contributed by atoms with E-state index in [1.807, 2.05) is 32.0 Å². The van der Waals surface area contributed by atoms with E-state index in [-0.39, 0.29) is 11.9 Å². The summed E-state index contributed by atoms with van der Waals surface area (Å²) in [7, 11) is 0. The molecule has 2 aromatic heterocycles. The van der Waals surface area contributed by atoms with Crippen LogP contribution in [0.25, 0.3) is 22.6 Å². The lowest BCUT2D eigenvalue weighted by Crippen LogP contribution is -2.22. The van der Waals surface area contributed by atoms with Crippen LogP contribution in [0.1, 0.15) is 22.8 Å². The van der Waals surface area contributed by atoms with Crippen molar-refractivity contribution in [1.82, 2.24) is 20.3 Å². The molecule has 6 nitrogen and oxygen atoms in total. The molecular formula is C18H18ClN5O. The zero-order valence-electron chi connectivity index (χ0n) is 13.9. The average Bonchev–Trinajstić information content (AvgIpc) is 3.02. The number of rotatable bonds is 4. The Balaban J connectivity index is 2.19. The molecule has 4 N–H and O–H groups in total. The molecule has 0 saturated carbocycles. The summed E-state index contributed by atoms with van der Waals surface area (Å²) in [4.78, 5) is 23.9. The van der Waals surface area contributed by atoms with Gasteiger partial charge >= 0.3 is 0 Å². The summed E-state index contributed by atoms with van der Waals surface area (Å²) < 4.78 is 0. The van der Waals surface area contributed by atoms with Gasteiger partial charge in [-0.2, -0.15) is 0 Å². The number of hydrogen-bond donors (Lipinski definition) is 3. The number of H-pyrrole nitrogens is 1. The number of amides is 1. The number of nitrogen functional groups attached to an aromatic ring is 1. The average molecular weight is 356 g/mol. The molecule has 0 atom stereocenters. The molecular weight excluding hydrogens is 338 g/mol. The highest BCUT2D eigenvalue weighted by Gasteiger charge is 2.19. The van der Waals surface area contributed by atoms with E-state index in [4.69, 9.17) is 17.3 Å². The van der Waals surface area contributed by atoms with Crippen molar-refractivity contribution in [2.45, 2.75) is 13.8 Å². The lowest BCUT2D eigenvalue weighted by Gasteiger charge is -2.08. The first-order valence-electron chi connectivity index (χ1n) is 7.86. The van der Waals surface area contributed by atoms with Crippen LogP contribution < -0.4 is 11.1 Å². The standard InChI is InChI=1S/C18H18ClN5O/c1-3-21-17(25)13-9-15(14-6-7-22-18(20)24-14)23-16(13)12-8-11(19)5-4-10(12)2/h4-9,23H,3H2,1-2H3,(H,21,25)(H2,20,22,24). The third-order valence-corrected chi connectivity index (χ3v) is 4.05. The molecule has 128 valence electrons. The summed E-state index contributed by atoms with van der Waals surface area (Å²) in [5, 5.41) is 3.43. The monoisotopic (exact) mass is 355 g/mol. The highest BCUT2D eigenvalue weighted by molar-refractivity contribution is 6.31. The maximum atomic E-state index is 12.5. The van der Waals surface area contributed by atoms with Crippen molar-refractivity contribution in [1.29, 1.82) is 0 Å². The minimum Gasteiger partial charge on any atom is -0.368 e. The van der Waals surface area contributed by atoms with Gasteiger partial charge in [0, 0.05) is 23.3 Å². The topological polar surface area (TPSA) is 96.7 Å². The van der Waals surface area contributed by atoms with Crippen LogP contribution in [0.5, 0.6) is 0 Å². The number of carbonyl (C=O) groups excluding carboxylic acids is 1. The second kappa shape index (κ2) is 6.94.